The summed E-state index contributed by atoms with van der Waals surface area (Å²) in [5.41, 5.74) is 0. The molecule has 0 aliphatic carbocycles. The summed E-state index contributed by atoms with van der Waals surface area (Å²) in [5.74, 6) is 1.20. The van der Waals surface area contributed by atoms with Crippen LogP contribution in [0.15, 0.2) is 12.4 Å². The van der Waals surface area contributed by atoms with Crippen LogP contribution in [0.5, 0.6) is 0 Å². The van der Waals surface area contributed by atoms with E-state index in [1.807, 2.05) is 36.6 Å². The zero-order chi connectivity index (χ0) is 12.4. The summed E-state index contributed by atoms with van der Waals surface area (Å²) in [6.07, 6.45) is 3.70. The van der Waals surface area contributed by atoms with Gasteiger partial charge >= 0.3 is 0 Å². The highest BCUT2D eigenvalue weighted by atomic mass is 16.2. The number of imidazole rings is 1. The lowest BCUT2D eigenvalue weighted by Gasteiger charge is -2.36. The summed E-state index contributed by atoms with van der Waals surface area (Å²) in [6.45, 7) is 6.29. The molecule has 1 aliphatic rings. The third kappa shape index (κ3) is 2.34. The topological polar surface area (TPSA) is 50.2 Å². The van der Waals surface area contributed by atoms with Gasteiger partial charge in [-0.25, -0.2) is 4.98 Å². The molecule has 5 nitrogen and oxygen atoms in total. The second-order valence-corrected chi connectivity index (χ2v) is 4.80. The summed E-state index contributed by atoms with van der Waals surface area (Å²) in [4.78, 5) is 18.5. The van der Waals surface area contributed by atoms with Crippen molar-refractivity contribution in [3.05, 3.63) is 18.2 Å². The Kier molecular flexibility index (Phi) is 3.47. The predicted octanol–water partition coefficient (Wildman–Crippen LogP) is 0.549. The quantitative estimate of drug-likeness (QED) is 0.816. The number of carbonyl (C=O) groups is 1. The van der Waals surface area contributed by atoms with Crippen molar-refractivity contribution in [1.29, 1.82) is 0 Å². The van der Waals surface area contributed by atoms with Crippen LogP contribution in [0.2, 0.25) is 0 Å². The molecule has 0 saturated carbocycles. The number of amides is 1. The van der Waals surface area contributed by atoms with E-state index in [1.165, 1.54) is 0 Å². The van der Waals surface area contributed by atoms with Gasteiger partial charge in [0.25, 0.3) is 0 Å². The molecule has 0 bridgehead atoms. The number of rotatable bonds is 2. The second kappa shape index (κ2) is 4.87. The van der Waals surface area contributed by atoms with Gasteiger partial charge in [-0.05, 0) is 0 Å². The smallest absolute Gasteiger partial charge is 0.225 e. The minimum absolute atomic E-state index is 0.0378. The third-order valence-electron chi connectivity index (χ3n) is 3.18. The number of aromatic nitrogens is 2. The zero-order valence-electron chi connectivity index (χ0n) is 10.7. The van der Waals surface area contributed by atoms with E-state index < -0.39 is 0 Å². The molecule has 1 unspecified atom stereocenters. The molecular formula is C12H20N4O. The molecule has 1 atom stereocenters. The number of nitrogens with one attached hydrogen (secondary N) is 1. The average molecular weight is 236 g/mol. The van der Waals surface area contributed by atoms with E-state index in [0.717, 1.165) is 25.5 Å². The van der Waals surface area contributed by atoms with E-state index >= 15 is 0 Å². The summed E-state index contributed by atoms with van der Waals surface area (Å²) < 4.78 is 1.98. The van der Waals surface area contributed by atoms with E-state index in [1.54, 1.807) is 6.20 Å². The average Bonchev–Trinajstić information content (AvgIpc) is 2.74. The van der Waals surface area contributed by atoms with Crippen molar-refractivity contribution in [2.45, 2.75) is 19.9 Å². The standard InChI is InChI=1S/C12H20N4O/c1-9(2)12(17)16-7-4-13-8-10(16)11-14-5-6-15(11)3/h5-6,9-10,13H,4,7-8H2,1-3H3. The monoisotopic (exact) mass is 236 g/mol. The molecule has 1 N–H and O–H groups in total. The fraction of sp³-hybridized carbons (Fsp3) is 0.667. The lowest BCUT2D eigenvalue weighted by atomic mass is 10.1. The molecule has 1 aliphatic heterocycles. The Morgan fingerprint density at radius 3 is 2.94 bits per heavy atom. The third-order valence-corrected chi connectivity index (χ3v) is 3.18. The first-order valence-corrected chi connectivity index (χ1v) is 6.09. The Balaban J connectivity index is 2.24. The van der Waals surface area contributed by atoms with Crippen LogP contribution >= 0.6 is 0 Å². The molecule has 1 saturated heterocycles. The minimum atomic E-state index is 0.0378. The summed E-state index contributed by atoms with van der Waals surface area (Å²) >= 11 is 0. The van der Waals surface area contributed by atoms with Gasteiger partial charge in [-0.1, -0.05) is 13.8 Å². The number of piperazine rings is 1. The molecule has 1 aromatic rings. The lowest BCUT2D eigenvalue weighted by molar-refractivity contribution is -0.138. The molecule has 0 aromatic carbocycles. The van der Waals surface area contributed by atoms with Crippen molar-refractivity contribution in [3.8, 4) is 0 Å². The maximum Gasteiger partial charge on any atom is 0.225 e. The van der Waals surface area contributed by atoms with Crippen molar-refractivity contribution >= 4 is 5.91 Å². The van der Waals surface area contributed by atoms with Crippen molar-refractivity contribution in [2.24, 2.45) is 13.0 Å². The van der Waals surface area contributed by atoms with Crippen molar-refractivity contribution in [1.82, 2.24) is 19.8 Å². The van der Waals surface area contributed by atoms with Gasteiger partial charge in [-0.3, -0.25) is 4.79 Å². The van der Waals surface area contributed by atoms with Gasteiger partial charge < -0.3 is 14.8 Å². The number of nitrogens with zero attached hydrogens (tertiary/aromatic N) is 3. The Morgan fingerprint density at radius 1 is 1.59 bits per heavy atom. The number of carbonyl (C=O) groups excluding carboxylic acids is 1. The first-order valence-electron chi connectivity index (χ1n) is 6.09. The first-order chi connectivity index (χ1) is 8.11. The Hall–Kier alpha value is -1.36. The highest BCUT2D eigenvalue weighted by molar-refractivity contribution is 5.78. The van der Waals surface area contributed by atoms with Crippen LogP contribution in [0.3, 0.4) is 0 Å². The number of aryl methyl sites for hydroxylation is 1. The van der Waals surface area contributed by atoms with Gasteiger partial charge in [0.2, 0.25) is 5.91 Å². The van der Waals surface area contributed by atoms with Gasteiger partial charge in [0, 0.05) is 45.0 Å². The minimum Gasteiger partial charge on any atom is -0.336 e. The van der Waals surface area contributed by atoms with Crippen molar-refractivity contribution in [2.75, 3.05) is 19.6 Å². The molecular weight excluding hydrogens is 216 g/mol. The molecule has 5 heteroatoms. The fourth-order valence-corrected chi connectivity index (χ4v) is 2.23. The molecule has 2 heterocycles. The van der Waals surface area contributed by atoms with Gasteiger partial charge in [0.05, 0.1) is 0 Å². The number of hydrogen-bond acceptors (Lipinski definition) is 3. The highest BCUT2D eigenvalue weighted by Crippen LogP contribution is 2.22. The van der Waals surface area contributed by atoms with Crippen LogP contribution in [0.1, 0.15) is 25.7 Å². The van der Waals surface area contributed by atoms with Crippen LogP contribution in [-0.2, 0) is 11.8 Å². The fourth-order valence-electron chi connectivity index (χ4n) is 2.23. The van der Waals surface area contributed by atoms with Gasteiger partial charge in [0.1, 0.15) is 11.9 Å². The molecule has 17 heavy (non-hydrogen) atoms. The molecule has 1 amide bonds. The molecule has 1 aromatic heterocycles. The van der Waals surface area contributed by atoms with Crippen molar-refractivity contribution in [3.63, 3.8) is 0 Å². The molecule has 0 radical (unpaired) electrons. The van der Waals surface area contributed by atoms with Crippen molar-refractivity contribution < 1.29 is 4.79 Å². The van der Waals surface area contributed by atoms with E-state index in [9.17, 15) is 4.79 Å². The Bertz CT molecular complexity index is 399. The van der Waals surface area contributed by atoms with Crippen LogP contribution in [0.4, 0.5) is 0 Å². The maximum atomic E-state index is 12.2. The Morgan fingerprint density at radius 2 is 2.35 bits per heavy atom. The Labute approximate surface area is 102 Å². The van der Waals surface area contributed by atoms with Crippen LogP contribution in [-0.4, -0.2) is 40.0 Å². The molecule has 1 fully saturated rings. The molecule has 94 valence electrons. The van der Waals surface area contributed by atoms with Gasteiger partial charge in [-0.2, -0.15) is 0 Å². The summed E-state index contributed by atoms with van der Waals surface area (Å²) in [5, 5.41) is 3.33. The highest BCUT2D eigenvalue weighted by Gasteiger charge is 2.31. The van der Waals surface area contributed by atoms with E-state index in [2.05, 4.69) is 10.3 Å². The summed E-state index contributed by atoms with van der Waals surface area (Å²) in [7, 11) is 1.97. The zero-order valence-corrected chi connectivity index (χ0v) is 10.7. The number of hydrogen-bond donors (Lipinski definition) is 1. The van der Waals surface area contributed by atoms with Crippen LogP contribution < -0.4 is 5.32 Å². The lowest BCUT2D eigenvalue weighted by Crippen LogP contribution is -2.50. The largest absolute Gasteiger partial charge is 0.336 e. The first kappa shape index (κ1) is 12.1. The molecule has 0 spiro atoms. The van der Waals surface area contributed by atoms with Crippen LogP contribution in [0, 0.1) is 5.92 Å². The second-order valence-electron chi connectivity index (χ2n) is 4.80. The van der Waals surface area contributed by atoms with E-state index in [4.69, 9.17) is 0 Å². The normalized spacial score (nSPS) is 20.9. The van der Waals surface area contributed by atoms with Gasteiger partial charge in [0.15, 0.2) is 0 Å². The SMILES string of the molecule is CC(C)C(=O)N1CCNCC1c1nccn1C. The van der Waals surface area contributed by atoms with E-state index in [0.29, 0.717) is 0 Å². The van der Waals surface area contributed by atoms with E-state index in [-0.39, 0.29) is 17.9 Å². The van der Waals surface area contributed by atoms with Crippen LogP contribution in [0.25, 0.3) is 0 Å². The maximum absolute atomic E-state index is 12.2. The predicted molar refractivity (Wildman–Crippen MR) is 65.4 cm³/mol. The summed E-state index contributed by atoms with van der Waals surface area (Å²) in [6, 6.07) is 0.0543. The molecule has 2 rings (SSSR count). The van der Waals surface area contributed by atoms with Gasteiger partial charge in [-0.15, -0.1) is 0 Å².